The second kappa shape index (κ2) is 57.8. The average molecular weight is 1890 g/mol. The van der Waals surface area contributed by atoms with E-state index in [2.05, 4.69) is 31.9 Å². The predicted octanol–water partition coefficient (Wildman–Crippen LogP) is 6.61. The maximum Gasteiger partial charge on any atom is 0.306 e. The quantitative estimate of drug-likeness (QED) is 0.0106. The van der Waals surface area contributed by atoms with Gasteiger partial charge in [0.15, 0.2) is 24.8 Å². The van der Waals surface area contributed by atoms with Crippen LogP contribution in [0.5, 0.6) is 11.5 Å². The van der Waals surface area contributed by atoms with E-state index in [4.69, 9.17) is 85.3 Å². The Hall–Kier alpha value is -10.8. The number of likely N-dealkylation sites (tertiary alicyclic amines) is 1. The van der Waals surface area contributed by atoms with Gasteiger partial charge < -0.3 is 127 Å². The van der Waals surface area contributed by atoms with Crippen LogP contribution in [-0.4, -0.2) is 302 Å². The fraction of sp³-hybridized carbons (Fsp3) is 0.611. The Balaban J connectivity index is 0.856. The van der Waals surface area contributed by atoms with Gasteiger partial charge in [-0.2, -0.15) is 0 Å². The van der Waals surface area contributed by atoms with Gasteiger partial charge in [-0.1, -0.05) is 108 Å². The van der Waals surface area contributed by atoms with Crippen molar-refractivity contribution >= 4 is 82.9 Å². The van der Waals surface area contributed by atoms with Crippen LogP contribution in [0.1, 0.15) is 177 Å². The van der Waals surface area contributed by atoms with Gasteiger partial charge in [0.25, 0.3) is 11.8 Å². The molecule has 4 aromatic carbocycles. The number of unbranched alkanes of at least 4 members (excludes halogenated alkanes) is 5. The normalized spacial score (nSPS) is 20.9. The largest absolute Gasteiger partial charge is 0.497 e. The van der Waals surface area contributed by atoms with Crippen LogP contribution < -0.4 is 41.4 Å². The molecule has 3 fully saturated rings. The number of amides is 7. The van der Waals surface area contributed by atoms with Gasteiger partial charge >= 0.3 is 35.8 Å². The first-order valence-corrected chi connectivity index (χ1v) is 45.3. The highest BCUT2D eigenvalue weighted by Gasteiger charge is 2.56. The SMILES string of the molecule is CC[C@H]1OC(OCCOCCOCCOCCNC(=O)c2cc(NC(=O)CNC(=O)CCCCCCCCC(=O)N3CC(C)(COC(=O)CCC(=O)O)C(C)(COC(c4ccccc4)(c4ccc(OC)cc4)c4ccc(OC)cc4)C3)cc(C(=O)NCCOCCOCCOCCOC3O[C@H](COC(C)=O)[C@H](OC(C)=O)[C@H](C)[C@H]3NC(C)=O)c2)[C@H](NC(C)=O)[C@@H](OC(C)=O)[C@H]1OC(C)=O. The molecule has 134 heavy (non-hydrogen) atoms. The van der Waals surface area contributed by atoms with E-state index in [9.17, 15) is 67.4 Å². The molecule has 7 rings (SSSR count). The summed E-state index contributed by atoms with van der Waals surface area (Å²) in [6.07, 6.45) is -2.49. The first kappa shape index (κ1) is 110. The molecular formula is C95H135N7O32. The number of nitrogens with zero attached hydrogens (tertiary/aromatic N) is 1. The number of esters is 5. The molecule has 0 spiro atoms. The van der Waals surface area contributed by atoms with Crippen LogP contribution in [0.2, 0.25) is 0 Å². The first-order chi connectivity index (χ1) is 64.2. The number of methoxy groups -OCH3 is 2. The summed E-state index contributed by atoms with van der Waals surface area (Å²) in [5, 5.41) is 25.7. The number of hydrogen-bond donors (Lipinski definition) is 7. The van der Waals surface area contributed by atoms with Crippen LogP contribution in [0.4, 0.5) is 5.69 Å². The van der Waals surface area contributed by atoms with Crippen LogP contribution in [0.25, 0.3) is 0 Å². The van der Waals surface area contributed by atoms with E-state index >= 15 is 0 Å². The molecule has 4 aromatic rings. The van der Waals surface area contributed by atoms with Gasteiger partial charge in [0.05, 0.1) is 145 Å². The fourth-order valence-electron chi connectivity index (χ4n) is 15.7. The van der Waals surface area contributed by atoms with Crippen LogP contribution in [0, 0.1) is 16.7 Å². The van der Waals surface area contributed by atoms with E-state index < -0.39 is 150 Å². The van der Waals surface area contributed by atoms with Gasteiger partial charge in [0.2, 0.25) is 29.5 Å². The molecular weight excluding hydrogens is 1750 g/mol. The average Bonchev–Trinajstić information content (AvgIpc) is 1.41. The number of carboxylic acid groups (broad SMARTS) is 1. The minimum atomic E-state index is -1.20. The Kier molecular flexibility index (Phi) is 47.5. The molecule has 7 N–H and O–H groups in total. The lowest BCUT2D eigenvalue weighted by Gasteiger charge is -2.45. The molecule has 39 nitrogen and oxygen atoms in total. The lowest BCUT2D eigenvalue weighted by molar-refractivity contribution is -0.273. The third-order valence-electron chi connectivity index (χ3n) is 22.8. The maximum absolute atomic E-state index is 14.3. The number of nitrogens with one attached hydrogen (secondary N) is 6. The Morgan fingerprint density at radius 3 is 1.40 bits per heavy atom. The summed E-state index contributed by atoms with van der Waals surface area (Å²) in [5.41, 5.74) is -0.323. The van der Waals surface area contributed by atoms with Crippen molar-refractivity contribution in [3.05, 3.63) is 125 Å². The summed E-state index contributed by atoms with van der Waals surface area (Å²) >= 11 is 0. The van der Waals surface area contributed by atoms with Gasteiger partial charge in [-0.25, -0.2) is 0 Å². The Bertz CT molecular complexity index is 4340. The smallest absolute Gasteiger partial charge is 0.306 e. The van der Waals surface area contributed by atoms with Crippen molar-refractivity contribution in [1.82, 2.24) is 31.5 Å². The zero-order valence-electron chi connectivity index (χ0n) is 78.9. The summed E-state index contributed by atoms with van der Waals surface area (Å²) in [5.74, 6) is -6.51. The number of carboxylic acids is 1. The number of anilines is 1. The van der Waals surface area contributed by atoms with Crippen LogP contribution in [-0.2, 0) is 134 Å². The highest BCUT2D eigenvalue weighted by Crippen LogP contribution is 2.51. The van der Waals surface area contributed by atoms with E-state index in [0.29, 0.717) is 37.2 Å². The summed E-state index contributed by atoms with van der Waals surface area (Å²) < 4.78 is 104. The van der Waals surface area contributed by atoms with Gasteiger partial charge in [-0.15, -0.1) is 0 Å². The molecule has 3 aliphatic rings. The molecule has 0 aromatic heterocycles. The van der Waals surface area contributed by atoms with E-state index in [-0.39, 0.29) is 192 Å². The Labute approximate surface area is 781 Å². The predicted molar refractivity (Wildman–Crippen MR) is 481 cm³/mol. The van der Waals surface area contributed by atoms with Crippen LogP contribution >= 0.6 is 0 Å². The number of carbonyl (C=O) groups excluding carboxylic acids is 12. The van der Waals surface area contributed by atoms with Gasteiger partial charge in [0, 0.05) is 114 Å². The minimum absolute atomic E-state index is 0.0124. The van der Waals surface area contributed by atoms with Crippen molar-refractivity contribution in [2.24, 2.45) is 16.7 Å². The second-order valence-electron chi connectivity index (χ2n) is 33.2. The third kappa shape index (κ3) is 36.4. The van der Waals surface area contributed by atoms with E-state index in [1.165, 1.54) is 59.7 Å². The molecule has 3 aliphatic heterocycles. The molecule has 3 heterocycles. The van der Waals surface area contributed by atoms with Gasteiger partial charge in [-0.3, -0.25) is 62.3 Å². The summed E-state index contributed by atoms with van der Waals surface area (Å²) in [6.45, 7) is 16.8. The molecule has 12 atom stereocenters. The Morgan fingerprint density at radius 1 is 0.470 bits per heavy atom. The molecule has 0 aliphatic carbocycles. The van der Waals surface area contributed by atoms with Gasteiger partial charge in [0.1, 0.15) is 48.1 Å². The fourth-order valence-corrected chi connectivity index (χ4v) is 15.7. The van der Waals surface area contributed by atoms with Crippen LogP contribution in [0.3, 0.4) is 0 Å². The Morgan fingerprint density at radius 2 is 0.918 bits per heavy atom. The monoisotopic (exact) mass is 1890 g/mol. The zero-order chi connectivity index (χ0) is 97.6. The maximum atomic E-state index is 14.3. The molecule has 0 bridgehead atoms. The molecule has 39 heteroatoms. The van der Waals surface area contributed by atoms with Gasteiger partial charge in [-0.05, 0) is 78.4 Å². The van der Waals surface area contributed by atoms with Crippen molar-refractivity contribution in [1.29, 1.82) is 0 Å². The van der Waals surface area contributed by atoms with Crippen molar-refractivity contribution in [2.45, 2.75) is 201 Å². The number of benzene rings is 4. The number of carbonyl (C=O) groups is 13. The number of hydrogen-bond acceptors (Lipinski definition) is 31. The number of ether oxygens (including phenoxy) is 18. The number of aliphatic carboxylic acids is 1. The van der Waals surface area contributed by atoms with Crippen molar-refractivity contribution in [3.8, 4) is 11.5 Å². The minimum Gasteiger partial charge on any atom is -0.497 e. The molecule has 0 saturated carbocycles. The third-order valence-corrected chi connectivity index (χ3v) is 22.8. The second-order valence-corrected chi connectivity index (χ2v) is 33.2. The molecule has 4 unspecified atom stereocenters. The van der Waals surface area contributed by atoms with E-state index in [1.54, 1.807) is 33.0 Å². The summed E-state index contributed by atoms with van der Waals surface area (Å²) in [4.78, 5) is 167. The van der Waals surface area contributed by atoms with Crippen molar-refractivity contribution in [3.63, 3.8) is 0 Å². The van der Waals surface area contributed by atoms with Crippen molar-refractivity contribution in [2.75, 3.05) is 165 Å². The lowest BCUT2D eigenvalue weighted by atomic mass is 9.68. The number of rotatable bonds is 61. The van der Waals surface area contributed by atoms with Crippen LogP contribution in [0.15, 0.2) is 97.1 Å². The lowest BCUT2D eigenvalue weighted by Crippen LogP contribution is -2.65. The summed E-state index contributed by atoms with van der Waals surface area (Å²) in [7, 11) is 3.19. The molecule has 742 valence electrons. The zero-order valence-corrected chi connectivity index (χ0v) is 78.9. The highest BCUT2D eigenvalue weighted by molar-refractivity contribution is 6.03. The topological polar surface area (TPSA) is 484 Å². The molecule has 3 saturated heterocycles. The molecule has 0 radical (unpaired) electrons. The standard InChI is InChI=1S/C95H135N7O32/c1-13-77-87(131-67(7)107)88(132-68(8)108)85(100-64(4)104)92(133-77)126-52-50-124-48-46-122-44-42-120-40-38-97-90(116)70-53-69(89(115)96-37-39-119-41-43-121-45-47-123-49-51-125-91-84(99-63(3)103)62(2)86(130-66(6)106)78(134-91)57-127-65(5)105)54-74(55-70)101-80(110)56-98-79(109)25-21-16-14-15-17-22-26-81(111)102-58-93(9,60-128-83(114)36-35-82(112)113)94(10,59-102)61-129-95(71-23-19-18-20-24-71,72-27-31-75(117-11)32-28-72)73-29-33-76(118-12)34-30-73/h18-20,23-24,27-34,53-55,62,77-78,84-88,91-92H,13-17,21-22,25-26,35-52,56-61H2,1-12H3,(H,96,115)(H,97,116)(H,98,109)(H,99,103)(H,100,104)(H,101,110)(H,112,113)/t62-,77-,78-,84-,85-,86-,87+,88-,91?,92?,93?,94?/m1/s1. The van der Waals surface area contributed by atoms with E-state index in [1.807, 2.05) is 92.7 Å². The van der Waals surface area contributed by atoms with E-state index in [0.717, 1.165) is 36.0 Å². The first-order valence-electron chi connectivity index (χ1n) is 45.3. The summed E-state index contributed by atoms with van der Waals surface area (Å²) in [6, 6.07) is 27.5. The molecule has 7 amide bonds. The van der Waals surface area contributed by atoms with Crippen molar-refractivity contribution < 1.29 is 153 Å². The highest BCUT2D eigenvalue weighted by atomic mass is 16.7.